The van der Waals surface area contributed by atoms with Gasteiger partial charge in [-0.3, -0.25) is 24.5 Å². The fraction of sp³-hybridized carbons (Fsp3) is 0.552. The summed E-state index contributed by atoms with van der Waals surface area (Å²) < 4.78 is 5.84. The SMILES string of the molecule is O=C1CCC(N2Cc3c(SCc4csc(COC(=O)C56CC7CC(CC(Cl)(C7)C5)C6)n4)cccc3C2=O)C(=O)N1. The molecule has 2 aromatic rings. The molecule has 4 saturated carbocycles. The number of aromatic nitrogens is 1. The lowest BCUT2D eigenvalue weighted by atomic mass is 9.49. The van der Waals surface area contributed by atoms with Crippen LogP contribution in [0.3, 0.4) is 0 Å². The van der Waals surface area contributed by atoms with Crippen LogP contribution in [0.25, 0.3) is 0 Å². The van der Waals surface area contributed by atoms with Crippen molar-refractivity contribution in [1.29, 1.82) is 0 Å². The second-order valence-corrected chi connectivity index (χ2v) is 14.9. The number of halogens is 1. The quantitative estimate of drug-likeness (QED) is 0.211. The Labute approximate surface area is 245 Å². The monoisotopic (exact) mass is 599 g/mol. The molecule has 3 unspecified atom stereocenters. The summed E-state index contributed by atoms with van der Waals surface area (Å²) in [6.07, 6.45) is 6.37. The van der Waals surface area contributed by atoms with Crippen molar-refractivity contribution in [1.82, 2.24) is 15.2 Å². The Bertz CT molecular complexity index is 1410. The molecule has 11 heteroatoms. The van der Waals surface area contributed by atoms with E-state index in [4.69, 9.17) is 21.3 Å². The van der Waals surface area contributed by atoms with Crippen LogP contribution in [0, 0.1) is 17.3 Å². The molecule has 3 heterocycles. The predicted molar refractivity (Wildman–Crippen MR) is 150 cm³/mol. The van der Waals surface area contributed by atoms with Crippen molar-refractivity contribution in [3.05, 3.63) is 45.4 Å². The number of carbonyl (C=O) groups is 4. The van der Waals surface area contributed by atoms with Crippen molar-refractivity contribution in [3.63, 3.8) is 0 Å². The maximum atomic E-state index is 13.3. The summed E-state index contributed by atoms with van der Waals surface area (Å²) >= 11 is 9.98. The van der Waals surface area contributed by atoms with E-state index in [1.807, 2.05) is 17.5 Å². The standard InChI is InChI=1S/C29H30ClN3O5S2/c30-29-9-16-6-17(10-29)8-28(7-16,15-29)27(37)38-12-24-31-18(14-40-24)13-39-22-3-1-2-19-20(22)11-33(26(19)36)21-4-5-23(34)32-25(21)35/h1-3,14,16-17,21H,4-13,15H2,(H,32,34,35). The van der Waals surface area contributed by atoms with Crippen LogP contribution < -0.4 is 5.32 Å². The van der Waals surface area contributed by atoms with E-state index in [-0.39, 0.29) is 35.7 Å². The third kappa shape index (κ3) is 4.65. The van der Waals surface area contributed by atoms with Gasteiger partial charge >= 0.3 is 5.97 Å². The molecule has 0 radical (unpaired) electrons. The first kappa shape index (κ1) is 26.5. The van der Waals surface area contributed by atoms with E-state index in [2.05, 4.69) is 5.32 Å². The molecule has 210 valence electrons. The van der Waals surface area contributed by atoms with E-state index in [1.54, 1.807) is 22.7 Å². The maximum absolute atomic E-state index is 13.3. The van der Waals surface area contributed by atoms with Crippen LogP contribution in [0.5, 0.6) is 0 Å². The van der Waals surface area contributed by atoms with E-state index >= 15 is 0 Å². The molecule has 1 N–H and O–H groups in total. The Hall–Kier alpha value is -2.43. The van der Waals surface area contributed by atoms with Gasteiger partial charge < -0.3 is 9.64 Å². The molecule has 0 spiro atoms. The fourth-order valence-electron chi connectivity index (χ4n) is 8.00. The lowest BCUT2D eigenvalue weighted by molar-refractivity contribution is -0.171. The fourth-order valence-corrected chi connectivity index (χ4v) is 10.5. The van der Waals surface area contributed by atoms with Crippen LogP contribution in [-0.2, 0) is 38.0 Å². The van der Waals surface area contributed by atoms with Crippen molar-refractivity contribution in [3.8, 4) is 0 Å². The van der Waals surface area contributed by atoms with Crippen molar-refractivity contribution in [2.45, 2.75) is 86.1 Å². The third-order valence-corrected chi connectivity index (χ3v) is 11.7. The third-order valence-electron chi connectivity index (χ3n) is 9.26. The Morgan fingerprint density at radius 1 is 1.20 bits per heavy atom. The largest absolute Gasteiger partial charge is 0.458 e. The Kier molecular flexibility index (Phi) is 6.51. The normalized spacial score (nSPS) is 32.4. The van der Waals surface area contributed by atoms with Gasteiger partial charge in [0.25, 0.3) is 5.91 Å². The van der Waals surface area contributed by atoms with Gasteiger partial charge in [0.2, 0.25) is 11.8 Å². The highest BCUT2D eigenvalue weighted by atomic mass is 35.5. The van der Waals surface area contributed by atoms with Crippen LogP contribution in [0.4, 0.5) is 0 Å². The van der Waals surface area contributed by atoms with Crippen LogP contribution in [0.1, 0.15) is 78.0 Å². The minimum atomic E-state index is -0.632. The first-order chi connectivity index (χ1) is 19.2. The van der Waals surface area contributed by atoms with E-state index < -0.39 is 17.4 Å². The molecule has 1 aromatic heterocycles. The van der Waals surface area contributed by atoms with Crippen molar-refractivity contribution < 1.29 is 23.9 Å². The zero-order valence-electron chi connectivity index (χ0n) is 21.9. The van der Waals surface area contributed by atoms with Crippen molar-refractivity contribution in [2.24, 2.45) is 17.3 Å². The first-order valence-corrected chi connectivity index (χ1v) is 16.1. The first-order valence-electron chi connectivity index (χ1n) is 13.9. The number of ether oxygens (including phenoxy) is 1. The van der Waals surface area contributed by atoms with Gasteiger partial charge in [-0.25, -0.2) is 4.98 Å². The van der Waals surface area contributed by atoms with Gasteiger partial charge in [-0.1, -0.05) is 6.07 Å². The minimum absolute atomic E-state index is 0.108. The summed E-state index contributed by atoms with van der Waals surface area (Å²) in [7, 11) is 0. The number of alkyl halides is 1. The van der Waals surface area contributed by atoms with Gasteiger partial charge in [0.05, 0.1) is 11.1 Å². The summed E-state index contributed by atoms with van der Waals surface area (Å²) in [4.78, 5) is 57.3. The topological polar surface area (TPSA) is 106 Å². The second-order valence-electron chi connectivity index (χ2n) is 12.2. The lowest BCUT2D eigenvalue weighted by Crippen LogP contribution is -2.56. The Morgan fingerprint density at radius 3 is 2.75 bits per heavy atom. The number of amides is 3. The summed E-state index contributed by atoms with van der Waals surface area (Å²) in [6.45, 7) is 0.519. The molecule has 8 rings (SSSR count). The summed E-state index contributed by atoms with van der Waals surface area (Å²) in [5, 5.41) is 5.10. The number of piperidine rings is 1. The van der Waals surface area contributed by atoms with Gasteiger partial charge in [0.1, 0.15) is 17.7 Å². The zero-order chi connectivity index (χ0) is 27.6. The molecule has 3 atom stereocenters. The molecule has 2 aliphatic heterocycles. The number of thiazole rings is 1. The molecule has 1 aromatic carbocycles. The highest BCUT2D eigenvalue weighted by molar-refractivity contribution is 7.98. The van der Waals surface area contributed by atoms with Crippen molar-refractivity contribution >= 4 is 58.4 Å². The lowest BCUT2D eigenvalue weighted by Gasteiger charge is -2.58. The number of nitrogens with zero attached hydrogens (tertiary/aromatic N) is 2. The molecule has 3 amide bonds. The van der Waals surface area contributed by atoms with Gasteiger partial charge in [-0.05, 0) is 74.5 Å². The highest BCUT2D eigenvalue weighted by Gasteiger charge is 2.60. The number of carbonyl (C=O) groups excluding carboxylic acids is 4. The smallest absolute Gasteiger partial charge is 0.312 e. The number of hydrogen-bond donors (Lipinski definition) is 1. The zero-order valence-corrected chi connectivity index (χ0v) is 24.3. The average Bonchev–Trinajstić information content (AvgIpc) is 3.49. The Morgan fingerprint density at radius 2 is 2.00 bits per heavy atom. The van der Waals surface area contributed by atoms with Crippen LogP contribution >= 0.6 is 34.7 Å². The van der Waals surface area contributed by atoms with E-state index in [0.29, 0.717) is 36.1 Å². The van der Waals surface area contributed by atoms with Crippen LogP contribution in [0.2, 0.25) is 0 Å². The summed E-state index contributed by atoms with van der Waals surface area (Å²) in [5.74, 6) is 0.700. The molecule has 4 aliphatic carbocycles. The van der Waals surface area contributed by atoms with E-state index in [0.717, 1.165) is 53.3 Å². The number of thioether (sulfide) groups is 1. The number of hydrogen-bond acceptors (Lipinski definition) is 8. The Balaban J connectivity index is 0.969. The van der Waals surface area contributed by atoms with Crippen LogP contribution in [0.15, 0.2) is 28.5 Å². The number of fused-ring (bicyclic) bond motifs is 1. The summed E-state index contributed by atoms with van der Waals surface area (Å²) in [5.41, 5.74) is 1.97. The highest BCUT2D eigenvalue weighted by Crippen LogP contribution is 2.64. The molecule has 1 saturated heterocycles. The molecular formula is C29H30ClN3O5S2. The van der Waals surface area contributed by atoms with Crippen LogP contribution in [-0.4, -0.2) is 44.5 Å². The number of rotatable bonds is 7. The molecule has 5 fully saturated rings. The number of imide groups is 1. The van der Waals surface area contributed by atoms with Gasteiger partial charge in [0, 0.05) is 39.4 Å². The van der Waals surface area contributed by atoms with E-state index in [1.165, 1.54) is 17.8 Å². The number of benzene rings is 1. The maximum Gasteiger partial charge on any atom is 0.312 e. The van der Waals surface area contributed by atoms with Gasteiger partial charge in [-0.2, -0.15) is 0 Å². The van der Waals surface area contributed by atoms with Gasteiger partial charge in [0.15, 0.2) is 0 Å². The molecule has 4 bridgehead atoms. The molecular weight excluding hydrogens is 570 g/mol. The molecule has 40 heavy (non-hydrogen) atoms. The number of esters is 1. The minimum Gasteiger partial charge on any atom is -0.458 e. The molecule has 8 nitrogen and oxygen atoms in total. The average molecular weight is 600 g/mol. The second kappa shape index (κ2) is 9.84. The molecule has 6 aliphatic rings. The summed E-state index contributed by atoms with van der Waals surface area (Å²) in [6, 6.07) is 5.00. The van der Waals surface area contributed by atoms with Crippen molar-refractivity contribution in [2.75, 3.05) is 0 Å². The predicted octanol–water partition coefficient (Wildman–Crippen LogP) is 4.82. The van der Waals surface area contributed by atoms with Gasteiger partial charge in [-0.15, -0.1) is 34.7 Å². The van der Waals surface area contributed by atoms with E-state index in [9.17, 15) is 19.2 Å². The number of nitrogens with one attached hydrogen (secondary N) is 1.